The van der Waals surface area contributed by atoms with Crippen LogP contribution in [0.25, 0.3) is 10.9 Å². The number of benzene rings is 2. The van der Waals surface area contributed by atoms with Crippen molar-refractivity contribution in [2.45, 2.75) is 26.3 Å². The first-order valence-corrected chi connectivity index (χ1v) is 8.79. The maximum absolute atomic E-state index is 11.6. The van der Waals surface area contributed by atoms with Gasteiger partial charge in [0.05, 0.1) is 11.6 Å². The third-order valence-corrected chi connectivity index (χ3v) is 4.69. The highest BCUT2D eigenvalue weighted by molar-refractivity contribution is 6.35. The Hall–Kier alpha value is -2.04. The maximum atomic E-state index is 11.6. The van der Waals surface area contributed by atoms with E-state index >= 15 is 0 Å². The van der Waals surface area contributed by atoms with Gasteiger partial charge in [-0.2, -0.15) is 5.10 Å². The summed E-state index contributed by atoms with van der Waals surface area (Å²) in [5.74, 6) is -0.673. The molecule has 1 unspecified atom stereocenters. The largest absolute Gasteiger partial charge is 0.476 e. The molecule has 0 amide bonds. The second-order valence-corrected chi connectivity index (χ2v) is 7.27. The zero-order valence-corrected chi connectivity index (χ0v) is 15.4. The summed E-state index contributed by atoms with van der Waals surface area (Å²) in [4.78, 5) is 11.6. The van der Waals surface area contributed by atoms with Crippen molar-refractivity contribution in [3.8, 4) is 0 Å². The molecule has 1 N–H and O–H groups in total. The monoisotopic (exact) mass is 376 g/mol. The molecule has 0 aliphatic carbocycles. The summed E-state index contributed by atoms with van der Waals surface area (Å²) in [6, 6.07) is 12.5. The van der Waals surface area contributed by atoms with Gasteiger partial charge in [0.25, 0.3) is 0 Å². The van der Waals surface area contributed by atoms with Gasteiger partial charge in [0, 0.05) is 15.4 Å². The van der Waals surface area contributed by atoms with Crippen LogP contribution in [0.2, 0.25) is 10.0 Å². The molecule has 3 aromatic rings. The second-order valence-electron chi connectivity index (χ2n) is 6.43. The number of halogens is 2. The number of carboxylic acid groups (broad SMARTS) is 1. The van der Waals surface area contributed by atoms with E-state index in [-0.39, 0.29) is 11.7 Å². The van der Waals surface area contributed by atoms with E-state index in [9.17, 15) is 9.90 Å². The molecule has 4 nitrogen and oxygen atoms in total. The highest BCUT2D eigenvalue weighted by atomic mass is 35.5. The molecule has 0 radical (unpaired) electrons. The molecule has 25 heavy (non-hydrogen) atoms. The highest BCUT2D eigenvalue weighted by Crippen LogP contribution is 2.35. The Labute approximate surface area is 156 Å². The van der Waals surface area contributed by atoms with E-state index in [0.29, 0.717) is 21.3 Å². The quantitative estimate of drug-likeness (QED) is 0.623. The molecule has 0 saturated heterocycles. The van der Waals surface area contributed by atoms with Crippen LogP contribution >= 0.6 is 23.2 Å². The lowest BCUT2D eigenvalue weighted by atomic mass is 9.97. The van der Waals surface area contributed by atoms with Gasteiger partial charge in [0.15, 0.2) is 5.69 Å². The molecule has 0 spiro atoms. The minimum absolute atomic E-state index is 0.0504. The van der Waals surface area contributed by atoms with Crippen LogP contribution in [0.5, 0.6) is 0 Å². The van der Waals surface area contributed by atoms with Gasteiger partial charge in [0.1, 0.15) is 0 Å². The van der Waals surface area contributed by atoms with E-state index in [1.807, 2.05) is 24.3 Å². The molecule has 1 atom stereocenters. The summed E-state index contributed by atoms with van der Waals surface area (Å²) in [5, 5.41) is 15.6. The molecule has 2 aromatic carbocycles. The second kappa shape index (κ2) is 7.06. The number of hydrogen-bond acceptors (Lipinski definition) is 2. The maximum Gasteiger partial charge on any atom is 0.357 e. The van der Waals surface area contributed by atoms with Gasteiger partial charge >= 0.3 is 5.97 Å². The van der Waals surface area contributed by atoms with Crippen molar-refractivity contribution in [3.05, 3.63) is 63.8 Å². The van der Waals surface area contributed by atoms with Crippen molar-refractivity contribution in [1.82, 2.24) is 9.78 Å². The molecule has 0 fully saturated rings. The molecular formula is C19H18Cl2N2O2. The number of carbonyl (C=O) groups is 1. The fourth-order valence-electron chi connectivity index (χ4n) is 3.06. The van der Waals surface area contributed by atoms with E-state index in [4.69, 9.17) is 23.2 Å². The molecule has 0 bridgehead atoms. The van der Waals surface area contributed by atoms with E-state index in [2.05, 4.69) is 18.9 Å². The number of fused-ring (bicyclic) bond motifs is 1. The molecule has 1 heterocycles. The van der Waals surface area contributed by atoms with Crippen LogP contribution in [-0.2, 0) is 0 Å². The molecular weight excluding hydrogens is 359 g/mol. The predicted octanol–water partition coefficient (Wildman–Crippen LogP) is 5.68. The number of para-hydroxylation sites is 1. The third kappa shape index (κ3) is 3.51. The fraction of sp³-hybridized carbons (Fsp3) is 0.263. The van der Waals surface area contributed by atoms with Crippen molar-refractivity contribution < 1.29 is 9.90 Å². The van der Waals surface area contributed by atoms with E-state index in [1.54, 1.807) is 22.9 Å². The zero-order valence-electron chi connectivity index (χ0n) is 13.9. The van der Waals surface area contributed by atoms with Gasteiger partial charge < -0.3 is 5.11 Å². The van der Waals surface area contributed by atoms with Crippen molar-refractivity contribution >= 4 is 40.1 Å². The number of aromatic nitrogens is 2. The molecule has 0 aliphatic rings. The van der Waals surface area contributed by atoms with Gasteiger partial charge in [-0.3, -0.25) is 4.68 Å². The third-order valence-electron chi connectivity index (χ3n) is 4.13. The first-order valence-electron chi connectivity index (χ1n) is 8.04. The number of hydrogen-bond donors (Lipinski definition) is 1. The summed E-state index contributed by atoms with van der Waals surface area (Å²) < 4.78 is 1.77. The van der Waals surface area contributed by atoms with Crippen molar-refractivity contribution in [1.29, 1.82) is 0 Å². The lowest BCUT2D eigenvalue weighted by Crippen LogP contribution is -2.16. The number of nitrogens with zero attached hydrogens (tertiary/aromatic N) is 2. The predicted molar refractivity (Wildman–Crippen MR) is 101 cm³/mol. The normalized spacial score (nSPS) is 12.7. The smallest absolute Gasteiger partial charge is 0.357 e. The zero-order chi connectivity index (χ0) is 18.1. The molecule has 6 heteroatoms. The average molecular weight is 377 g/mol. The summed E-state index contributed by atoms with van der Waals surface area (Å²) in [5.41, 5.74) is 1.70. The van der Waals surface area contributed by atoms with Crippen LogP contribution in [0.3, 0.4) is 0 Å². The van der Waals surface area contributed by atoms with Gasteiger partial charge in [0.2, 0.25) is 0 Å². The number of carboxylic acids is 1. The van der Waals surface area contributed by atoms with E-state index in [1.165, 1.54) is 0 Å². The first kappa shape index (κ1) is 17.8. The van der Waals surface area contributed by atoms with Crippen LogP contribution in [0.1, 0.15) is 42.4 Å². The van der Waals surface area contributed by atoms with Crippen molar-refractivity contribution in [2.75, 3.05) is 0 Å². The lowest BCUT2D eigenvalue weighted by molar-refractivity contribution is 0.0691. The molecule has 0 saturated carbocycles. The van der Waals surface area contributed by atoms with Crippen LogP contribution in [0.4, 0.5) is 0 Å². The average Bonchev–Trinajstić information content (AvgIpc) is 2.93. The van der Waals surface area contributed by atoms with Gasteiger partial charge in [-0.05, 0) is 36.1 Å². The van der Waals surface area contributed by atoms with Gasteiger partial charge in [-0.25, -0.2) is 4.79 Å². The molecule has 3 rings (SSSR count). The van der Waals surface area contributed by atoms with Gasteiger partial charge in [-0.15, -0.1) is 0 Å². The first-order chi connectivity index (χ1) is 11.9. The SMILES string of the molecule is CC(C)CC(c1ccc(Cl)cc1Cl)n1nc(C(=O)O)c2ccccc21. The van der Waals surface area contributed by atoms with Crippen LogP contribution < -0.4 is 0 Å². The van der Waals surface area contributed by atoms with Crippen LogP contribution in [0, 0.1) is 5.92 Å². The Balaban J connectivity index is 2.24. The van der Waals surface area contributed by atoms with Crippen molar-refractivity contribution in [2.24, 2.45) is 5.92 Å². The Morgan fingerprint density at radius 1 is 1.20 bits per heavy atom. The van der Waals surface area contributed by atoms with Gasteiger partial charge in [-0.1, -0.05) is 61.3 Å². The minimum atomic E-state index is -1.04. The fourth-order valence-corrected chi connectivity index (χ4v) is 3.60. The number of rotatable bonds is 5. The Morgan fingerprint density at radius 3 is 2.56 bits per heavy atom. The molecule has 1 aromatic heterocycles. The van der Waals surface area contributed by atoms with Crippen molar-refractivity contribution in [3.63, 3.8) is 0 Å². The summed E-state index contributed by atoms with van der Waals surface area (Å²) >= 11 is 12.5. The summed E-state index contributed by atoms with van der Waals surface area (Å²) in [7, 11) is 0. The Bertz CT molecular complexity index is 934. The summed E-state index contributed by atoms with van der Waals surface area (Å²) in [6.45, 7) is 4.22. The highest BCUT2D eigenvalue weighted by Gasteiger charge is 2.24. The minimum Gasteiger partial charge on any atom is -0.476 e. The van der Waals surface area contributed by atoms with Crippen LogP contribution in [0.15, 0.2) is 42.5 Å². The van der Waals surface area contributed by atoms with E-state index < -0.39 is 5.97 Å². The van der Waals surface area contributed by atoms with Crippen LogP contribution in [-0.4, -0.2) is 20.9 Å². The number of aromatic carboxylic acids is 1. The molecule has 0 aliphatic heterocycles. The standard InChI is InChI=1S/C19H18Cl2N2O2/c1-11(2)9-17(13-8-7-12(20)10-15(13)21)23-16-6-4-3-5-14(16)18(22-23)19(24)25/h3-8,10-11,17H,9H2,1-2H3,(H,24,25). The lowest BCUT2D eigenvalue weighted by Gasteiger charge is -2.22. The Kier molecular flexibility index (Phi) is 5.02. The Morgan fingerprint density at radius 2 is 1.92 bits per heavy atom. The van der Waals surface area contributed by atoms with E-state index in [0.717, 1.165) is 17.5 Å². The topological polar surface area (TPSA) is 55.1 Å². The summed E-state index contributed by atoms with van der Waals surface area (Å²) in [6.07, 6.45) is 0.770. The molecule has 130 valence electrons.